The standard InChI is InChI=1S/C21H12Cl2O/c22-15-9-5-13(6-10-15)19-17-3-1-2-4-18(17)21(24)20(19)14-7-11-16(23)12-8-14/h1-12H. The molecule has 3 aromatic carbocycles. The Labute approximate surface area is 150 Å². The molecule has 3 heteroatoms. The smallest absolute Gasteiger partial charge is 0.194 e. The van der Waals surface area contributed by atoms with Crippen molar-refractivity contribution in [2.45, 2.75) is 0 Å². The quantitative estimate of drug-likeness (QED) is 0.541. The van der Waals surface area contributed by atoms with Gasteiger partial charge in [-0.15, -0.1) is 0 Å². The van der Waals surface area contributed by atoms with E-state index in [9.17, 15) is 4.79 Å². The molecule has 0 saturated carbocycles. The number of hydrogen-bond acceptors (Lipinski definition) is 1. The zero-order valence-electron chi connectivity index (χ0n) is 12.6. The van der Waals surface area contributed by atoms with Gasteiger partial charge < -0.3 is 0 Å². The topological polar surface area (TPSA) is 17.1 Å². The van der Waals surface area contributed by atoms with Gasteiger partial charge in [0.25, 0.3) is 0 Å². The summed E-state index contributed by atoms with van der Waals surface area (Å²) in [7, 11) is 0. The molecular weight excluding hydrogens is 339 g/mol. The van der Waals surface area contributed by atoms with Crippen LogP contribution in [-0.4, -0.2) is 5.78 Å². The summed E-state index contributed by atoms with van der Waals surface area (Å²) in [6.07, 6.45) is 0. The minimum atomic E-state index is 0.0397. The Morgan fingerprint density at radius 1 is 0.542 bits per heavy atom. The van der Waals surface area contributed by atoms with Crippen LogP contribution in [0, 0.1) is 0 Å². The first-order chi connectivity index (χ1) is 11.6. The van der Waals surface area contributed by atoms with Gasteiger partial charge in [0, 0.05) is 26.8 Å². The van der Waals surface area contributed by atoms with Crippen molar-refractivity contribution < 1.29 is 4.79 Å². The van der Waals surface area contributed by atoms with Crippen molar-refractivity contribution in [2.24, 2.45) is 0 Å². The Bertz CT molecular complexity index is 967. The van der Waals surface area contributed by atoms with Crippen molar-refractivity contribution in [2.75, 3.05) is 0 Å². The van der Waals surface area contributed by atoms with Crippen molar-refractivity contribution in [1.29, 1.82) is 0 Å². The van der Waals surface area contributed by atoms with Gasteiger partial charge in [0.1, 0.15) is 0 Å². The number of rotatable bonds is 2. The summed E-state index contributed by atoms with van der Waals surface area (Å²) in [5.41, 5.74) is 5.17. The van der Waals surface area contributed by atoms with Gasteiger partial charge >= 0.3 is 0 Å². The predicted molar refractivity (Wildman–Crippen MR) is 99.6 cm³/mol. The second kappa shape index (κ2) is 5.94. The number of hydrogen-bond donors (Lipinski definition) is 0. The van der Waals surface area contributed by atoms with E-state index in [1.807, 2.05) is 60.7 Å². The van der Waals surface area contributed by atoms with E-state index in [2.05, 4.69) is 0 Å². The molecule has 0 saturated heterocycles. The summed E-state index contributed by atoms with van der Waals surface area (Å²) < 4.78 is 0. The minimum absolute atomic E-state index is 0.0397. The SMILES string of the molecule is O=C1C(c2ccc(Cl)cc2)=C(c2ccc(Cl)cc2)c2ccccc21. The lowest BCUT2D eigenvalue weighted by molar-refractivity contribution is 0.105. The molecule has 0 N–H and O–H groups in total. The minimum Gasteiger partial charge on any atom is -0.289 e. The van der Waals surface area contributed by atoms with E-state index in [-0.39, 0.29) is 5.78 Å². The highest BCUT2D eigenvalue weighted by Crippen LogP contribution is 2.42. The van der Waals surface area contributed by atoms with E-state index in [0.29, 0.717) is 15.6 Å². The maximum atomic E-state index is 13.0. The monoisotopic (exact) mass is 350 g/mol. The molecule has 0 bridgehead atoms. The van der Waals surface area contributed by atoms with Crippen LogP contribution in [0.15, 0.2) is 72.8 Å². The van der Waals surface area contributed by atoms with Crippen molar-refractivity contribution in [3.63, 3.8) is 0 Å². The van der Waals surface area contributed by atoms with E-state index in [0.717, 1.165) is 27.8 Å². The second-order valence-corrected chi connectivity index (χ2v) is 6.51. The van der Waals surface area contributed by atoms with Crippen LogP contribution in [0.4, 0.5) is 0 Å². The van der Waals surface area contributed by atoms with Crippen molar-refractivity contribution in [1.82, 2.24) is 0 Å². The Morgan fingerprint density at radius 3 is 1.54 bits per heavy atom. The molecule has 1 nitrogen and oxygen atoms in total. The van der Waals surface area contributed by atoms with Crippen LogP contribution in [-0.2, 0) is 0 Å². The summed E-state index contributed by atoms with van der Waals surface area (Å²) >= 11 is 12.0. The van der Waals surface area contributed by atoms with Gasteiger partial charge in [0.15, 0.2) is 5.78 Å². The molecule has 0 spiro atoms. The lowest BCUT2D eigenvalue weighted by Gasteiger charge is -2.09. The van der Waals surface area contributed by atoms with Gasteiger partial charge in [-0.2, -0.15) is 0 Å². The maximum Gasteiger partial charge on any atom is 0.194 e. The van der Waals surface area contributed by atoms with Gasteiger partial charge in [-0.1, -0.05) is 71.7 Å². The number of benzene rings is 3. The number of Topliss-reactive ketones (excluding diaryl/α,β-unsaturated/α-hetero) is 1. The molecule has 0 aromatic heterocycles. The normalized spacial score (nSPS) is 13.3. The average Bonchev–Trinajstić information content (AvgIpc) is 2.90. The summed E-state index contributed by atoms with van der Waals surface area (Å²) in [5.74, 6) is 0.0397. The largest absolute Gasteiger partial charge is 0.289 e. The first-order valence-corrected chi connectivity index (χ1v) is 8.31. The van der Waals surface area contributed by atoms with Crippen LogP contribution >= 0.6 is 23.2 Å². The second-order valence-electron chi connectivity index (χ2n) is 5.64. The molecule has 116 valence electrons. The summed E-state index contributed by atoms with van der Waals surface area (Å²) in [4.78, 5) is 13.0. The lowest BCUT2D eigenvalue weighted by Crippen LogP contribution is -1.98. The highest BCUT2D eigenvalue weighted by molar-refractivity contribution is 6.41. The van der Waals surface area contributed by atoms with Gasteiger partial charge in [0.05, 0.1) is 0 Å². The lowest BCUT2D eigenvalue weighted by atomic mass is 9.94. The van der Waals surface area contributed by atoms with E-state index in [1.54, 1.807) is 12.1 Å². The third-order valence-corrected chi connectivity index (χ3v) is 4.69. The molecular formula is C21H12Cl2O. The van der Waals surface area contributed by atoms with Crippen molar-refractivity contribution >= 4 is 40.1 Å². The fraction of sp³-hybridized carbons (Fsp3) is 0. The molecule has 0 heterocycles. The van der Waals surface area contributed by atoms with Gasteiger partial charge in [0.2, 0.25) is 0 Å². The molecule has 0 unspecified atom stereocenters. The molecule has 4 rings (SSSR count). The predicted octanol–water partition coefficient (Wildman–Crippen LogP) is 6.15. The Balaban J connectivity index is 2.01. The number of halogens is 2. The van der Waals surface area contributed by atoms with Crippen LogP contribution in [0.3, 0.4) is 0 Å². The van der Waals surface area contributed by atoms with Gasteiger partial charge in [-0.25, -0.2) is 0 Å². The highest BCUT2D eigenvalue weighted by Gasteiger charge is 2.30. The molecule has 3 aromatic rings. The molecule has 24 heavy (non-hydrogen) atoms. The highest BCUT2D eigenvalue weighted by atomic mass is 35.5. The Hall–Kier alpha value is -2.35. The third kappa shape index (κ3) is 2.47. The zero-order chi connectivity index (χ0) is 16.7. The molecule has 0 radical (unpaired) electrons. The number of carbonyl (C=O) groups excluding carboxylic acids is 1. The summed E-state index contributed by atoms with van der Waals surface area (Å²) in [5, 5.41) is 1.32. The Kier molecular flexibility index (Phi) is 3.76. The first kappa shape index (κ1) is 15.2. The van der Waals surface area contributed by atoms with E-state index >= 15 is 0 Å². The first-order valence-electron chi connectivity index (χ1n) is 7.55. The van der Waals surface area contributed by atoms with Gasteiger partial charge in [-0.05, 0) is 41.0 Å². The van der Waals surface area contributed by atoms with Crippen molar-refractivity contribution in [3.8, 4) is 0 Å². The fourth-order valence-corrected chi connectivity index (χ4v) is 3.34. The summed E-state index contributed by atoms with van der Waals surface area (Å²) in [6, 6.07) is 22.7. The number of ketones is 1. The molecule has 0 amide bonds. The van der Waals surface area contributed by atoms with Crippen LogP contribution in [0.25, 0.3) is 11.1 Å². The molecule has 1 aliphatic rings. The average molecular weight is 351 g/mol. The van der Waals surface area contributed by atoms with Crippen molar-refractivity contribution in [3.05, 3.63) is 105 Å². The van der Waals surface area contributed by atoms with E-state index in [1.165, 1.54) is 0 Å². The third-order valence-electron chi connectivity index (χ3n) is 4.18. The van der Waals surface area contributed by atoms with Crippen LogP contribution < -0.4 is 0 Å². The molecule has 0 fully saturated rings. The molecule has 0 aliphatic heterocycles. The molecule has 0 atom stereocenters. The van der Waals surface area contributed by atoms with E-state index in [4.69, 9.17) is 23.2 Å². The van der Waals surface area contributed by atoms with Crippen LogP contribution in [0.5, 0.6) is 0 Å². The van der Waals surface area contributed by atoms with Crippen LogP contribution in [0.1, 0.15) is 27.0 Å². The molecule has 1 aliphatic carbocycles. The number of carbonyl (C=O) groups is 1. The summed E-state index contributed by atoms with van der Waals surface area (Å²) in [6.45, 7) is 0. The fourth-order valence-electron chi connectivity index (χ4n) is 3.09. The number of allylic oxidation sites excluding steroid dienone is 1. The van der Waals surface area contributed by atoms with Gasteiger partial charge in [-0.3, -0.25) is 4.79 Å². The Morgan fingerprint density at radius 2 is 1.00 bits per heavy atom. The number of fused-ring (bicyclic) bond motifs is 1. The zero-order valence-corrected chi connectivity index (χ0v) is 14.1. The van der Waals surface area contributed by atoms with E-state index < -0.39 is 0 Å². The van der Waals surface area contributed by atoms with Crippen LogP contribution in [0.2, 0.25) is 10.0 Å². The maximum absolute atomic E-state index is 13.0.